The van der Waals surface area contributed by atoms with Gasteiger partial charge in [0, 0.05) is 6.20 Å². The number of ether oxygens (including phenoxy) is 1. The summed E-state index contributed by atoms with van der Waals surface area (Å²) in [6.45, 7) is 4.15. The molecule has 0 fully saturated rings. The number of aromatic nitrogens is 2. The minimum Gasteiger partial charge on any atom is -0.465 e. The number of carbonyl (C=O) groups is 1. The molecule has 1 aromatic heterocycles. The maximum absolute atomic E-state index is 12.4. The third-order valence-corrected chi connectivity index (χ3v) is 2.35. The summed E-state index contributed by atoms with van der Waals surface area (Å²) >= 11 is 0. The number of nitrogens with one attached hydrogen (secondary N) is 1. The van der Waals surface area contributed by atoms with Crippen LogP contribution >= 0.6 is 0 Å². The fourth-order valence-electron chi connectivity index (χ4n) is 1.51. The molecular weight excluding hydrogens is 263 g/mol. The van der Waals surface area contributed by atoms with Gasteiger partial charge in [-0.15, -0.1) is 0 Å². The van der Waals surface area contributed by atoms with Gasteiger partial charge in [0.05, 0.1) is 24.9 Å². The summed E-state index contributed by atoms with van der Waals surface area (Å²) in [5, 5.41) is 6.44. The van der Waals surface area contributed by atoms with E-state index in [1.54, 1.807) is 13.8 Å². The summed E-state index contributed by atoms with van der Waals surface area (Å²) in [6.07, 6.45) is -2.84. The zero-order chi connectivity index (χ0) is 14.5. The van der Waals surface area contributed by atoms with Gasteiger partial charge in [-0.05, 0) is 13.5 Å². The third-order valence-electron chi connectivity index (χ3n) is 2.35. The molecule has 0 aliphatic carbocycles. The second-order valence-electron chi connectivity index (χ2n) is 3.81. The average molecular weight is 279 g/mol. The Morgan fingerprint density at radius 3 is 2.68 bits per heavy atom. The van der Waals surface area contributed by atoms with E-state index in [2.05, 4.69) is 10.4 Å². The van der Waals surface area contributed by atoms with Gasteiger partial charge in [-0.3, -0.25) is 9.48 Å². The van der Waals surface area contributed by atoms with Crippen LogP contribution in [0.25, 0.3) is 0 Å². The van der Waals surface area contributed by atoms with E-state index in [-0.39, 0.29) is 13.2 Å². The summed E-state index contributed by atoms with van der Waals surface area (Å²) in [5.74, 6) is -0.506. The van der Waals surface area contributed by atoms with Gasteiger partial charge in [-0.2, -0.15) is 18.3 Å². The highest BCUT2D eigenvalue weighted by atomic mass is 19.4. The molecule has 0 spiro atoms. The Balaban J connectivity index is 2.74. The van der Waals surface area contributed by atoms with Crippen LogP contribution in [0, 0.1) is 0 Å². The molecule has 1 rings (SSSR count). The molecule has 0 saturated heterocycles. The minimum absolute atomic E-state index is 0.0112. The maximum Gasteiger partial charge on any atom is 0.419 e. The molecule has 0 bridgehead atoms. The molecule has 1 N–H and O–H groups in total. The number of alkyl halides is 3. The van der Waals surface area contributed by atoms with Crippen LogP contribution in [-0.4, -0.2) is 34.9 Å². The SMILES string of the molecule is CCNC(Cn1cc(C(F)(F)F)cn1)C(=O)OCC. The Hall–Kier alpha value is -1.57. The molecule has 0 radical (unpaired) electrons. The van der Waals surface area contributed by atoms with E-state index >= 15 is 0 Å². The summed E-state index contributed by atoms with van der Waals surface area (Å²) in [6, 6.07) is -0.717. The lowest BCUT2D eigenvalue weighted by Crippen LogP contribution is -2.41. The Labute approximate surface area is 108 Å². The van der Waals surface area contributed by atoms with Crippen molar-refractivity contribution >= 4 is 5.97 Å². The van der Waals surface area contributed by atoms with Gasteiger partial charge >= 0.3 is 12.1 Å². The van der Waals surface area contributed by atoms with Gasteiger partial charge < -0.3 is 10.1 Å². The van der Waals surface area contributed by atoms with Crippen LogP contribution in [0.5, 0.6) is 0 Å². The summed E-state index contributed by atoms with van der Waals surface area (Å²) in [4.78, 5) is 11.6. The fraction of sp³-hybridized carbons (Fsp3) is 0.636. The van der Waals surface area contributed by atoms with E-state index in [1.807, 2.05) is 0 Å². The molecule has 1 atom stereocenters. The van der Waals surface area contributed by atoms with Gasteiger partial charge in [0.25, 0.3) is 0 Å². The molecule has 5 nitrogen and oxygen atoms in total. The van der Waals surface area contributed by atoms with E-state index in [1.165, 1.54) is 0 Å². The first-order valence-electron chi connectivity index (χ1n) is 5.88. The highest BCUT2D eigenvalue weighted by Crippen LogP contribution is 2.28. The normalized spacial score (nSPS) is 13.3. The minimum atomic E-state index is -4.43. The van der Waals surface area contributed by atoms with E-state index < -0.39 is 23.8 Å². The number of nitrogens with zero attached hydrogens (tertiary/aromatic N) is 2. The van der Waals surface area contributed by atoms with Gasteiger partial charge in [0.1, 0.15) is 6.04 Å². The maximum atomic E-state index is 12.4. The molecule has 8 heteroatoms. The van der Waals surface area contributed by atoms with Crippen LogP contribution in [0.2, 0.25) is 0 Å². The first-order valence-corrected chi connectivity index (χ1v) is 5.88. The number of rotatable bonds is 6. The van der Waals surface area contributed by atoms with Crippen molar-refractivity contribution in [3.8, 4) is 0 Å². The molecule has 19 heavy (non-hydrogen) atoms. The van der Waals surface area contributed by atoms with Crippen LogP contribution < -0.4 is 5.32 Å². The highest BCUT2D eigenvalue weighted by molar-refractivity contribution is 5.75. The molecule has 0 saturated carbocycles. The first-order chi connectivity index (χ1) is 8.88. The molecule has 1 heterocycles. The summed E-state index contributed by atoms with van der Waals surface area (Å²) in [5.41, 5.74) is -0.841. The van der Waals surface area contributed by atoms with Crippen LogP contribution in [0.4, 0.5) is 13.2 Å². The van der Waals surface area contributed by atoms with Crippen LogP contribution in [-0.2, 0) is 22.3 Å². The number of esters is 1. The molecule has 0 amide bonds. The van der Waals surface area contributed by atoms with Crippen molar-refractivity contribution in [2.45, 2.75) is 32.6 Å². The van der Waals surface area contributed by atoms with Gasteiger partial charge in [0.15, 0.2) is 0 Å². The van der Waals surface area contributed by atoms with E-state index in [0.717, 1.165) is 17.1 Å². The summed E-state index contributed by atoms with van der Waals surface area (Å²) < 4.78 is 43.1. The smallest absolute Gasteiger partial charge is 0.419 e. The molecule has 0 aliphatic rings. The zero-order valence-corrected chi connectivity index (χ0v) is 10.7. The van der Waals surface area contributed by atoms with Crippen molar-refractivity contribution in [1.82, 2.24) is 15.1 Å². The van der Waals surface area contributed by atoms with Crippen molar-refractivity contribution < 1.29 is 22.7 Å². The Morgan fingerprint density at radius 2 is 2.21 bits per heavy atom. The first kappa shape index (κ1) is 15.5. The molecule has 1 unspecified atom stereocenters. The van der Waals surface area contributed by atoms with E-state index in [0.29, 0.717) is 6.54 Å². The molecular formula is C11H16F3N3O2. The van der Waals surface area contributed by atoms with Crippen LogP contribution in [0.1, 0.15) is 19.4 Å². The van der Waals surface area contributed by atoms with Crippen molar-refractivity contribution in [1.29, 1.82) is 0 Å². The van der Waals surface area contributed by atoms with Gasteiger partial charge in [-0.1, -0.05) is 6.92 Å². The predicted octanol–water partition coefficient (Wildman–Crippen LogP) is 1.44. The monoisotopic (exact) mass is 279 g/mol. The van der Waals surface area contributed by atoms with Crippen molar-refractivity contribution in [2.24, 2.45) is 0 Å². The van der Waals surface area contributed by atoms with Crippen LogP contribution in [0.15, 0.2) is 12.4 Å². The van der Waals surface area contributed by atoms with Crippen molar-refractivity contribution in [3.63, 3.8) is 0 Å². The van der Waals surface area contributed by atoms with Gasteiger partial charge in [0.2, 0.25) is 0 Å². The Morgan fingerprint density at radius 1 is 1.53 bits per heavy atom. The number of hydrogen-bond donors (Lipinski definition) is 1. The largest absolute Gasteiger partial charge is 0.465 e. The molecule has 0 aliphatic heterocycles. The lowest BCUT2D eigenvalue weighted by Gasteiger charge is -2.16. The fourth-order valence-corrected chi connectivity index (χ4v) is 1.51. The second kappa shape index (κ2) is 6.55. The Kier molecular flexibility index (Phi) is 5.34. The molecule has 0 aromatic carbocycles. The zero-order valence-electron chi connectivity index (χ0n) is 10.7. The number of hydrogen-bond acceptors (Lipinski definition) is 4. The highest BCUT2D eigenvalue weighted by Gasteiger charge is 2.32. The van der Waals surface area contributed by atoms with E-state index in [9.17, 15) is 18.0 Å². The molecule has 1 aromatic rings. The average Bonchev–Trinajstić information content (AvgIpc) is 2.77. The Bertz CT molecular complexity index is 418. The second-order valence-corrected chi connectivity index (χ2v) is 3.81. The third kappa shape index (κ3) is 4.55. The topological polar surface area (TPSA) is 56.2 Å². The number of halogens is 3. The lowest BCUT2D eigenvalue weighted by atomic mass is 10.3. The molecule has 108 valence electrons. The lowest BCUT2D eigenvalue weighted by molar-refractivity contribution is -0.146. The van der Waals surface area contributed by atoms with Crippen LogP contribution in [0.3, 0.4) is 0 Å². The van der Waals surface area contributed by atoms with Gasteiger partial charge in [-0.25, -0.2) is 0 Å². The van der Waals surface area contributed by atoms with E-state index in [4.69, 9.17) is 4.74 Å². The predicted molar refractivity (Wildman–Crippen MR) is 61.3 cm³/mol. The standard InChI is InChI=1S/C11H16F3N3O2/c1-3-15-9(10(18)19-4-2)7-17-6-8(5-16-17)11(12,13)14/h5-6,9,15H,3-4,7H2,1-2H3. The summed E-state index contributed by atoms with van der Waals surface area (Å²) in [7, 11) is 0. The number of carbonyl (C=O) groups excluding carboxylic acids is 1. The quantitative estimate of drug-likeness (QED) is 0.801. The van der Waals surface area contributed by atoms with Crippen molar-refractivity contribution in [2.75, 3.05) is 13.2 Å². The number of likely N-dealkylation sites (N-methyl/N-ethyl adjacent to an activating group) is 1. The van der Waals surface area contributed by atoms with Crippen molar-refractivity contribution in [3.05, 3.63) is 18.0 Å².